The molecule has 0 heterocycles. The Morgan fingerprint density at radius 3 is 0.733 bits per heavy atom. The van der Waals surface area contributed by atoms with Gasteiger partial charge in [-0.25, -0.2) is 0 Å². The fourth-order valence-corrected chi connectivity index (χ4v) is 6.71. The predicted molar refractivity (Wildman–Crippen MR) is 152 cm³/mol. The average Bonchev–Trinajstić information content (AvgIpc) is 2.73. The first-order valence-electron chi connectivity index (χ1n) is 12.2. The van der Waals surface area contributed by atoms with Crippen LogP contribution in [0.15, 0.2) is 36.5 Å². The van der Waals surface area contributed by atoms with Crippen molar-refractivity contribution in [2.24, 2.45) is 0 Å². The molecule has 0 atom stereocenters. The van der Waals surface area contributed by atoms with E-state index in [9.17, 15) is 0 Å². The van der Waals surface area contributed by atoms with Gasteiger partial charge in [0.05, 0.1) is 0 Å². The Bertz CT molecular complexity index is 294. The van der Waals surface area contributed by atoms with Crippen molar-refractivity contribution in [3.8, 4) is 0 Å². The quantitative estimate of drug-likeness (QED) is 0.194. The molecule has 0 fully saturated rings. The van der Waals surface area contributed by atoms with Crippen molar-refractivity contribution in [3.63, 3.8) is 0 Å². The summed E-state index contributed by atoms with van der Waals surface area (Å²) in [6.45, 7) is 20.6. The van der Waals surface area contributed by atoms with Gasteiger partial charge in [-0.15, -0.1) is 23.8 Å². The molecule has 0 unspecified atom stereocenters. The normalized spacial score (nSPS) is 13.1. The molecule has 1 aliphatic rings. The molecular weight excluding hydrogens is 506 g/mol. The van der Waals surface area contributed by atoms with Gasteiger partial charge in [0.15, 0.2) is 0 Å². The minimum atomic E-state index is 0. The molecule has 182 valence electrons. The largest absolute Gasteiger partial charge is 0.108 e. The van der Waals surface area contributed by atoms with Gasteiger partial charge < -0.3 is 0 Å². The van der Waals surface area contributed by atoms with E-state index in [0.717, 1.165) is 0 Å². The molecule has 0 aromatic rings. The molecule has 0 aliphatic heterocycles. The Balaban J connectivity index is -0.000000149. The van der Waals surface area contributed by atoms with Crippen LogP contribution < -0.4 is 0 Å². The third kappa shape index (κ3) is 31.3. The average molecular weight is 562 g/mol. The van der Waals surface area contributed by atoms with Crippen molar-refractivity contribution >= 4 is 23.8 Å². The van der Waals surface area contributed by atoms with Gasteiger partial charge in [-0.1, -0.05) is 98.8 Å². The fraction of sp³-hybridized carbons (Fsp3) is 0.769. The van der Waals surface area contributed by atoms with E-state index in [0.29, 0.717) is 23.8 Å². The Morgan fingerprint density at radius 1 is 0.400 bits per heavy atom. The zero-order valence-corrected chi connectivity index (χ0v) is 26.4. The second-order valence-electron chi connectivity index (χ2n) is 6.68. The monoisotopic (exact) mass is 562 g/mol. The van der Waals surface area contributed by atoms with Gasteiger partial charge in [0.1, 0.15) is 0 Å². The van der Waals surface area contributed by atoms with Crippen LogP contribution in [0.3, 0.4) is 0 Å². The van der Waals surface area contributed by atoms with Gasteiger partial charge >= 0.3 is 0 Å². The van der Waals surface area contributed by atoms with E-state index in [1.165, 1.54) is 68.3 Å². The summed E-state index contributed by atoms with van der Waals surface area (Å²) in [7, 11) is 1.34. The minimum Gasteiger partial charge on any atom is -0.108 e. The van der Waals surface area contributed by atoms with Crippen LogP contribution in [0.1, 0.15) is 75.2 Å². The fourth-order valence-electron chi connectivity index (χ4n) is 2.68. The van der Waals surface area contributed by atoms with E-state index in [-0.39, 0.29) is 19.5 Å². The van der Waals surface area contributed by atoms with Crippen molar-refractivity contribution in [2.75, 3.05) is 55.5 Å². The molecule has 0 N–H and O–H groups in total. The molecule has 0 nitrogen and oxygen atoms in total. The molecule has 0 saturated carbocycles. The summed E-state index contributed by atoms with van der Waals surface area (Å²) in [4.78, 5) is 0. The van der Waals surface area contributed by atoms with E-state index in [1.54, 1.807) is 0 Å². The maximum atomic E-state index is 2.29. The standard InChI is InChI=1S/C8H10.3C6H15P.Ru/c1-2-4-6-8-7-5-3-1;3*1-4-7(5-2)6-3;/h1-6H,7-8H2;3*4-6H2,1-3H3;/b2-1?,5-3-,6-4?;;;;. The molecule has 1 aliphatic carbocycles. The molecule has 0 bridgehead atoms. The maximum absolute atomic E-state index is 2.29. The third-order valence-corrected chi connectivity index (χ3v) is 13.2. The maximum Gasteiger partial charge on any atom is 0 e. The van der Waals surface area contributed by atoms with Crippen LogP contribution in [-0.4, -0.2) is 55.5 Å². The molecule has 30 heavy (non-hydrogen) atoms. The van der Waals surface area contributed by atoms with Crippen molar-refractivity contribution in [2.45, 2.75) is 75.2 Å². The Kier molecular flexibility index (Phi) is 44.5. The smallest absolute Gasteiger partial charge is 0 e. The van der Waals surface area contributed by atoms with Gasteiger partial charge in [-0.2, -0.15) is 0 Å². The van der Waals surface area contributed by atoms with Gasteiger partial charge in [-0.05, 0) is 68.3 Å². The van der Waals surface area contributed by atoms with Crippen LogP contribution in [0.25, 0.3) is 0 Å². The first kappa shape index (κ1) is 38.4. The van der Waals surface area contributed by atoms with E-state index in [1.807, 2.05) is 0 Å². The molecule has 0 radical (unpaired) electrons. The topological polar surface area (TPSA) is 0 Å². The number of rotatable bonds is 9. The van der Waals surface area contributed by atoms with Crippen LogP contribution in [0.4, 0.5) is 0 Å². The molecule has 0 aromatic carbocycles. The predicted octanol–water partition coefficient (Wildman–Crippen LogP) is 10.0. The summed E-state index contributed by atoms with van der Waals surface area (Å²) in [6, 6.07) is 0. The number of hydrogen-bond donors (Lipinski definition) is 0. The van der Waals surface area contributed by atoms with Gasteiger partial charge in [0, 0.05) is 19.5 Å². The number of hydrogen-bond acceptors (Lipinski definition) is 0. The van der Waals surface area contributed by atoms with Crippen LogP contribution in [0.2, 0.25) is 0 Å². The summed E-state index contributed by atoms with van der Waals surface area (Å²) in [5, 5.41) is 0. The summed E-state index contributed by atoms with van der Waals surface area (Å²) in [6.07, 6.45) is 27.8. The first-order chi connectivity index (χ1) is 14.0. The summed E-state index contributed by atoms with van der Waals surface area (Å²) >= 11 is 0. The van der Waals surface area contributed by atoms with Crippen molar-refractivity contribution in [1.29, 1.82) is 0 Å². The Hall–Kier alpha value is 1.13. The van der Waals surface area contributed by atoms with Crippen molar-refractivity contribution < 1.29 is 19.5 Å². The molecular formula is C26H55P3Ru. The molecule has 0 amide bonds. The van der Waals surface area contributed by atoms with Crippen LogP contribution >= 0.6 is 23.8 Å². The molecule has 0 saturated heterocycles. The third-order valence-electron chi connectivity index (χ3n) is 5.13. The van der Waals surface area contributed by atoms with Crippen LogP contribution in [-0.2, 0) is 19.5 Å². The summed E-state index contributed by atoms with van der Waals surface area (Å²) in [5.74, 6) is 0. The number of allylic oxidation sites excluding steroid dienone is 6. The molecule has 0 aromatic heterocycles. The van der Waals surface area contributed by atoms with Crippen LogP contribution in [0, 0.1) is 0 Å². The first-order valence-corrected chi connectivity index (χ1v) is 17.9. The van der Waals surface area contributed by atoms with E-state index in [4.69, 9.17) is 0 Å². The molecule has 4 heteroatoms. The Morgan fingerprint density at radius 2 is 0.600 bits per heavy atom. The van der Waals surface area contributed by atoms with E-state index < -0.39 is 0 Å². The summed E-state index contributed by atoms with van der Waals surface area (Å²) in [5.41, 5.74) is 0. The second-order valence-corrected chi connectivity index (χ2v) is 16.4. The van der Waals surface area contributed by atoms with Gasteiger partial charge in [0.25, 0.3) is 0 Å². The van der Waals surface area contributed by atoms with E-state index >= 15 is 0 Å². The zero-order valence-electron chi connectivity index (χ0n) is 21.9. The van der Waals surface area contributed by atoms with E-state index in [2.05, 4.69) is 98.8 Å². The molecule has 1 rings (SSSR count). The Labute approximate surface area is 209 Å². The zero-order chi connectivity index (χ0) is 22.8. The van der Waals surface area contributed by atoms with Crippen molar-refractivity contribution in [3.05, 3.63) is 36.5 Å². The van der Waals surface area contributed by atoms with Gasteiger partial charge in [0.2, 0.25) is 0 Å². The van der Waals surface area contributed by atoms with Crippen molar-refractivity contribution in [1.82, 2.24) is 0 Å². The second kappa shape index (κ2) is 34.7. The van der Waals surface area contributed by atoms with Gasteiger partial charge in [-0.3, -0.25) is 0 Å². The minimum absolute atomic E-state index is 0. The SMILES string of the molecule is C1=C/C=C\CCC=C1.CCP(CC)CC.CCP(CC)CC.CCP(CC)CC.[Ru]. The van der Waals surface area contributed by atoms with Crippen LogP contribution in [0.5, 0.6) is 0 Å². The molecule has 0 spiro atoms. The summed E-state index contributed by atoms with van der Waals surface area (Å²) < 4.78 is 0.